The molecule has 3 N–H and O–H groups in total. The van der Waals surface area contributed by atoms with E-state index in [4.69, 9.17) is 4.74 Å². The third-order valence-electron chi connectivity index (χ3n) is 4.24. The van der Waals surface area contributed by atoms with Gasteiger partial charge in [0.1, 0.15) is 12.6 Å². The van der Waals surface area contributed by atoms with Gasteiger partial charge in [0.05, 0.1) is 5.92 Å². The zero-order valence-corrected chi connectivity index (χ0v) is 13.9. The van der Waals surface area contributed by atoms with Crippen LogP contribution in [-0.2, 0) is 20.9 Å². The van der Waals surface area contributed by atoms with E-state index in [2.05, 4.69) is 5.32 Å². The monoisotopic (exact) mass is 334 g/mol. The van der Waals surface area contributed by atoms with Crippen LogP contribution in [0, 0.1) is 5.92 Å². The number of nitrogens with one attached hydrogen (secondary N) is 1. The summed E-state index contributed by atoms with van der Waals surface area (Å²) in [5, 5.41) is 22.0. The van der Waals surface area contributed by atoms with Gasteiger partial charge in [-0.1, -0.05) is 30.3 Å². The smallest absolute Gasteiger partial charge is 0.376 e. The number of ether oxygens (including phenoxy) is 1. The van der Waals surface area contributed by atoms with Crippen molar-refractivity contribution in [2.75, 3.05) is 13.1 Å². The summed E-state index contributed by atoms with van der Waals surface area (Å²) in [5.74, 6) is -2.05. The summed E-state index contributed by atoms with van der Waals surface area (Å²) in [5.41, 5.74) is 0.891. The Hall–Kier alpha value is -1.90. The van der Waals surface area contributed by atoms with E-state index in [0.717, 1.165) is 5.56 Å². The van der Waals surface area contributed by atoms with E-state index in [1.54, 1.807) is 18.6 Å². The molecular weight excluding hydrogens is 311 g/mol. The van der Waals surface area contributed by atoms with Crippen LogP contribution in [0.3, 0.4) is 0 Å². The van der Waals surface area contributed by atoms with Crippen LogP contribution < -0.4 is 5.32 Å². The van der Waals surface area contributed by atoms with Gasteiger partial charge in [-0.2, -0.15) is 0 Å². The zero-order valence-electron chi connectivity index (χ0n) is 13.9. The molecule has 0 spiro atoms. The molecule has 1 heterocycles. The molecule has 0 bridgehead atoms. The van der Waals surface area contributed by atoms with Crippen molar-refractivity contribution in [3.05, 3.63) is 35.9 Å². The number of carbonyl (C=O) groups excluding carboxylic acids is 1. The van der Waals surface area contributed by atoms with Gasteiger partial charge in [0.2, 0.25) is 0 Å². The molecule has 0 saturated carbocycles. The van der Waals surface area contributed by atoms with Crippen LogP contribution in [0.4, 0.5) is 0 Å². The van der Waals surface area contributed by atoms with Crippen LogP contribution in [0.1, 0.15) is 12.5 Å². The molecule has 0 aromatic heterocycles. The number of carboxylic acids is 1. The molecule has 8 heteroatoms. The van der Waals surface area contributed by atoms with Gasteiger partial charge >= 0.3 is 19.0 Å². The standard InChI is InChI=1S/C16H23BN2O5/c1-11(16(22)24-10-12-6-4-3-5-7-12)18-14-9-19(17(2)23)8-13(14)15(20)21/h3-7,11,13-14,18,23H,8-10H2,1-2H3,(H,20,21)/t11-,13-,14-/m1/s1. The maximum atomic E-state index is 12.1. The maximum Gasteiger partial charge on any atom is 0.376 e. The number of carbonyl (C=O) groups is 2. The van der Waals surface area contributed by atoms with E-state index < -0.39 is 37.0 Å². The van der Waals surface area contributed by atoms with Gasteiger partial charge < -0.3 is 19.7 Å². The van der Waals surface area contributed by atoms with E-state index in [9.17, 15) is 19.7 Å². The normalized spacial score (nSPS) is 22.1. The predicted molar refractivity (Wildman–Crippen MR) is 89.2 cm³/mol. The van der Waals surface area contributed by atoms with E-state index in [-0.39, 0.29) is 13.2 Å². The molecule has 0 unspecified atom stereocenters. The second-order valence-electron chi connectivity index (χ2n) is 6.12. The average Bonchev–Trinajstić information content (AvgIpc) is 2.98. The minimum atomic E-state index is -0.944. The van der Waals surface area contributed by atoms with Crippen LogP contribution in [-0.4, -0.2) is 59.1 Å². The predicted octanol–water partition coefficient (Wildman–Crippen LogP) is 0.203. The van der Waals surface area contributed by atoms with Crippen molar-refractivity contribution in [2.45, 2.75) is 32.4 Å². The zero-order chi connectivity index (χ0) is 17.7. The Morgan fingerprint density at radius 1 is 1.38 bits per heavy atom. The number of rotatable bonds is 7. The van der Waals surface area contributed by atoms with E-state index in [1.807, 2.05) is 30.3 Å². The number of esters is 1. The van der Waals surface area contributed by atoms with Crippen molar-refractivity contribution in [1.82, 2.24) is 10.1 Å². The van der Waals surface area contributed by atoms with Gasteiger partial charge in [0.25, 0.3) is 0 Å². The second-order valence-corrected chi connectivity index (χ2v) is 6.12. The molecule has 1 saturated heterocycles. The van der Waals surface area contributed by atoms with Crippen molar-refractivity contribution < 1.29 is 24.5 Å². The number of aliphatic carboxylic acids is 1. The Labute approximate surface area is 141 Å². The lowest BCUT2D eigenvalue weighted by Gasteiger charge is -2.21. The molecular formula is C16H23BN2O5. The molecule has 1 aromatic rings. The summed E-state index contributed by atoms with van der Waals surface area (Å²) in [4.78, 5) is 25.1. The summed E-state index contributed by atoms with van der Waals surface area (Å²) < 4.78 is 5.26. The summed E-state index contributed by atoms with van der Waals surface area (Å²) >= 11 is 0. The minimum absolute atomic E-state index is 0.179. The number of hydrogen-bond acceptors (Lipinski definition) is 6. The molecule has 24 heavy (non-hydrogen) atoms. The summed E-state index contributed by atoms with van der Waals surface area (Å²) in [6.07, 6.45) is 0. The molecule has 3 atom stereocenters. The van der Waals surface area contributed by atoms with Crippen molar-refractivity contribution in [3.8, 4) is 0 Å². The first kappa shape index (κ1) is 18.4. The average molecular weight is 334 g/mol. The summed E-state index contributed by atoms with van der Waals surface area (Å²) in [7, 11) is -0.723. The minimum Gasteiger partial charge on any atom is -0.481 e. The largest absolute Gasteiger partial charge is 0.481 e. The van der Waals surface area contributed by atoms with E-state index in [0.29, 0.717) is 6.54 Å². The van der Waals surface area contributed by atoms with Crippen molar-refractivity contribution >= 4 is 19.0 Å². The number of carboxylic acid groups (broad SMARTS) is 1. The van der Waals surface area contributed by atoms with Gasteiger partial charge in [-0.05, 0) is 19.3 Å². The third-order valence-corrected chi connectivity index (χ3v) is 4.24. The maximum absolute atomic E-state index is 12.1. The number of benzene rings is 1. The Morgan fingerprint density at radius 2 is 2.04 bits per heavy atom. The Balaban J connectivity index is 1.88. The quantitative estimate of drug-likeness (QED) is 0.484. The van der Waals surface area contributed by atoms with Crippen LogP contribution in [0.5, 0.6) is 0 Å². The van der Waals surface area contributed by atoms with E-state index in [1.165, 1.54) is 0 Å². The lowest BCUT2D eigenvalue weighted by Crippen LogP contribution is -2.48. The first-order chi connectivity index (χ1) is 11.4. The molecule has 7 nitrogen and oxygen atoms in total. The highest BCUT2D eigenvalue weighted by Gasteiger charge is 2.41. The highest BCUT2D eigenvalue weighted by molar-refractivity contribution is 6.45. The fourth-order valence-corrected chi connectivity index (χ4v) is 2.80. The Bertz CT molecular complexity index is 569. The fraction of sp³-hybridized carbons (Fsp3) is 0.500. The summed E-state index contributed by atoms with van der Waals surface area (Å²) in [6.45, 7) is 4.04. The summed E-state index contributed by atoms with van der Waals surface area (Å²) in [6, 6.07) is 8.30. The molecule has 130 valence electrons. The lowest BCUT2D eigenvalue weighted by atomic mass is 9.86. The highest BCUT2D eigenvalue weighted by Crippen LogP contribution is 2.19. The topological polar surface area (TPSA) is 99.1 Å². The van der Waals surface area contributed by atoms with Crippen molar-refractivity contribution in [3.63, 3.8) is 0 Å². The molecule has 0 radical (unpaired) electrons. The highest BCUT2D eigenvalue weighted by atomic mass is 16.5. The molecule has 1 aromatic carbocycles. The van der Waals surface area contributed by atoms with Gasteiger partial charge in [0.15, 0.2) is 0 Å². The molecule has 0 aliphatic carbocycles. The van der Waals surface area contributed by atoms with Gasteiger partial charge in [-0.3, -0.25) is 14.9 Å². The lowest BCUT2D eigenvalue weighted by molar-refractivity contribution is -0.148. The van der Waals surface area contributed by atoms with Crippen molar-refractivity contribution in [2.24, 2.45) is 5.92 Å². The van der Waals surface area contributed by atoms with Crippen LogP contribution in [0.2, 0.25) is 6.82 Å². The molecule has 0 amide bonds. The first-order valence-electron chi connectivity index (χ1n) is 8.00. The van der Waals surface area contributed by atoms with Gasteiger partial charge in [0, 0.05) is 19.1 Å². The van der Waals surface area contributed by atoms with Crippen LogP contribution in [0.25, 0.3) is 0 Å². The Kier molecular flexibility index (Phi) is 6.36. The third kappa shape index (κ3) is 4.80. The second kappa shape index (κ2) is 8.28. The number of nitrogens with zero attached hydrogens (tertiary/aromatic N) is 1. The van der Waals surface area contributed by atoms with E-state index >= 15 is 0 Å². The molecule has 2 rings (SSSR count). The Morgan fingerprint density at radius 3 is 2.62 bits per heavy atom. The van der Waals surface area contributed by atoms with Gasteiger partial charge in [-0.15, -0.1) is 0 Å². The number of hydrogen-bond donors (Lipinski definition) is 3. The fourth-order valence-electron chi connectivity index (χ4n) is 2.80. The van der Waals surface area contributed by atoms with Crippen molar-refractivity contribution in [1.29, 1.82) is 0 Å². The van der Waals surface area contributed by atoms with Crippen LogP contribution >= 0.6 is 0 Å². The first-order valence-corrected chi connectivity index (χ1v) is 8.00. The SMILES string of the molecule is CB(O)N1C[C@@H](N[C@H](C)C(=O)OCc2ccccc2)[C@H](C(=O)O)C1. The molecule has 1 fully saturated rings. The van der Waals surface area contributed by atoms with Gasteiger partial charge in [-0.25, -0.2) is 0 Å². The molecule has 1 aliphatic rings. The molecule has 1 aliphatic heterocycles. The van der Waals surface area contributed by atoms with Crippen LogP contribution in [0.15, 0.2) is 30.3 Å².